The molecule has 2 rings (SSSR count). The van der Waals surface area contributed by atoms with Gasteiger partial charge in [-0.1, -0.05) is 6.07 Å². The molecule has 0 radical (unpaired) electrons. The average Bonchev–Trinajstić information content (AvgIpc) is 2.46. The number of hydrogen-bond acceptors (Lipinski definition) is 3. The second kappa shape index (κ2) is 6.06. The van der Waals surface area contributed by atoms with Crippen LogP contribution in [0.15, 0.2) is 16.6 Å². The number of nitrogens with one attached hydrogen (secondary N) is 1. The van der Waals surface area contributed by atoms with Gasteiger partial charge in [-0.2, -0.15) is 0 Å². The average molecular weight is 349 g/mol. The summed E-state index contributed by atoms with van der Waals surface area (Å²) in [5, 5.41) is 3.45. The predicted octanol–water partition coefficient (Wildman–Crippen LogP) is 5.14. The number of ether oxygens (including phenoxy) is 1. The third kappa shape index (κ3) is 2.91. The fourth-order valence-electron chi connectivity index (χ4n) is 2.36. The maximum absolute atomic E-state index is 5.40. The van der Waals surface area contributed by atoms with E-state index in [9.17, 15) is 0 Å². The minimum Gasteiger partial charge on any atom is -0.496 e. The number of anilines is 2. The number of rotatable bonds is 3. The number of hydrogen-bond donors (Lipinski definition) is 1. The van der Waals surface area contributed by atoms with Gasteiger partial charge < -0.3 is 10.1 Å². The molecule has 21 heavy (non-hydrogen) atoms. The van der Waals surface area contributed by atoms with Gasteiger partial charge >= 0.3 is 0 Å². The van der Waals surface area contributed by atoms with E-state index in [1.165, 1.54) is 11.1 Å². The minimum absolute atomic E-state index is 0.843. The van der Waals surface area contributed by atoms with Crippen LogP contribution in [0, 0.1) is 34.6 Å². The Morgan fingerprint density at radius 2 is 1.67 bits per heavy atom. The van der Waals surface area contributed by atoms with E-state index < -0.39 is 0 Å². The van der Waals surface area contributed by atoms with Gasteiger partial charge in [0.2, 0.25) is 0 Å². The largest absolute Gasteiger partial charge is 0.496 e. The fraction of sp³-hybridized carbons (Fsp3) is 0.353. The third-order valence-corrected chi connectivity index (χ3v) is 4.98. The zero-order valence-corrected chi connectivity index (χ0v) is 15.0. The number of halogens is 1. The van der Waals surface area contributed by atoms with Crippen LogP contribution >= 0.6 is 15.9 Å². The van der Waals surface area contributed by atoms with E-state index in [-0.39, 0.29) is 0 Å². The van der Waals surface area contributed by atoms with Crippen molar-refractivity contribution in [3.8, 4) is 5.75 Å². The SMILES string of the molecule is COc1ccc(C)c(Nc2nc(C)c(C)c(C)c2Br)c1C. The summed E-state index contributed by atoms with van der Waals surface area (Å²) in [4.78, 5) is 4.67. The van der Waals surface area contributed by atoms with E-state index in [4.69, 9.17) is 4.74 Å². The molecular weight excluding hydrogens is 328 g/mol. The Labute approximate surface area is 134 Å². The Morgan fingerprint density at radius 3 is 2.29 bits per heavy atom. The number of pyridine rings is 1. The number of nitrogens with zero attached hydrogens (tertiary/aromatic N) is 1. The van der Waals surface area contributed by atoms with Crippen LogP contribution in [0.5, 0.6) is 5.75 Å². The molecule has 0 saturated heterocycles. The van der Waals surface area contributed by atoms with Gasteiger partial charge in [0.15, 0.2) is 0 Å². The molecule has 1 aromatic heterocycles. The van der Waals surface area contributed by atoms with Crippen molar-refractivity contribution in [1.82, 2.24) is 4.98 Å². The topological polar surface area (TPSA) is 34.1 Å². The van der Waals surface area contributed by atoms with Crippen LogP contribution in [-0.4, -0.2) is 12.1 Å². The van der Waals surface area contributed by atoms with Crippen LogP contribution in [0.2, 0.25) is 0 Å². The van der Waals surface area contributed by atoms with Gasteiger partial charge in [-0.05, 0) is 73.3 Å². The van der Waals surface area contributed by atoms with Crippen molar-refractivity contribution in [2.24, 2.45) is 0 Å². The van der Waals surface area contributed by atoms with Crippen molar-refractivity contribution in [3.05, 3.63) is 44.6 Å². The van der Waals surface area contributed by atoms with Crippen molar-refractivity contribution >= 4 is 27.4 Å². The van der Waals surface area contributed by atoms with Crippen LogP contribution in [0.4, 0.5) is 11.5 Å². The Balaban J connectivity index is 2.53. The smallest absolute Gasteiger partial charge is 0.145 e. The van der Waals surface area contributed by atoms with E-state index in [0.717, 1.165) is 38.5 Å². The van der Waals surface area contributed by atoms with Crippen LogP contribution in [0.1, 0.15) is 27.9 Å². The summed E-state index contributed by atoms with van der Waals surface area (Å²) in [6.45, 7) is 10.4. The van der Waals surface area contributed by atoms with Gasteiger partial charge in [-0.15, -0.1) is 0 Å². The van der Waals surface area contributed by atoms with E-state index in [0.29, 0.717) is 0 Å². The first-order valence-electron chi connectivity index (χ1n) is 6.91. The molecule has 0 saturated carbocycles. The zero-order chi connectivity index (χ0) is 15.7. The monoisotopic (exact) mass is 348 g/mol. The highest BCUT2D eigenvalue weighted by molar-refractivity contribution is 9.10. The van der Waals surface area contributed by atoms with E-state index in [1.54, 1.807) is 7.11 Å². The molecule has 0 amide bonds. The normalized spacial score (nSPS) is 10.6. The highest BCUT2D eigenvalue weighted by atomic mass is 79.9. The molecule has 3 nitrogen and oxygen atoms in total. The molecule has 0 fully saturated rings. The lowest BCUT2D eigenvalue weighted by atomic mass is 10.1. The van der Waals surface area contributed by atoms with E-state index in [1.807, 2.05) is 13.0 Å². The number of aryl methyl sites for hydroxylation is 2. The first-order valence-corrected chi connectivity index (χ1v) is 7.70. The van der Waals surface area contributed by atoms with E-state index in [2.05, 4.69) is 60.0 Å². The summed E-state index contributed by atoms with van der Waals surface area (Å²) in [5.74, 6) is 1.72. The lowest BCUT2D eigenvalue weighted by Crippen LogP contribution is -2.04. The molecule has 2 aromatic rings. The molecule has 0 aliphatic heterocycles. The van der Waals surface area contributed by atoms with Crippen molar-refractivity contribution < 1.29 is 4.74 Å². The molecule has 0 spiro atoms. The molecule has 4 heteroatoms. The zero-order valence-electron chi connectivity index (χ0n) is 13.4. The molecule has 1 aromatic carbocycles. The van der Waals surface area contributed by atoms with E-state index >= 15 is 0 Å². The second-order valence-corrected chi connectivity index (χ2v) is 6.11. The highest BCUT2D eigenvalue weighted by Gasteiger charge is 2.14. The Morgan fingerprint density at radius 1 is 1.00 bits per heavy atom. The first kappa shape index (κ1) is 15.8. The first-order chi connectivity index (χ1) is 9.86. The van der Waals surface area contributed by atoms with Gasteiger partial charge in [-0.25, -0.2) is 4.98 Å². The molecule has 0 aliphatic rings. The Bertz CT molecular complexity index is 696. The number of benzene rings is 1. The molecule has 0 atom stereocenters. The summed E-state index contributed by atoms with van der Waals surface area (Å²) in [7, 11) is 1.69. The highest BCUT2D eigenvalue weighted by Crippen LogP contribution is 2.35. The summed E-state index contributed by atoms with van der Waals surface area (Å²) >= 11 is 3.65. The summed E-state index contributed by atoms with van der Waals surface area (Å²) in [5.41, 5.74) is 6.76. The Kier molecular flexibility index (Phi) is 4.57. The maximum atomic E-state index is 5.40. The molecule has 0 aliphatic carbocycles. The lowest BCUT2D eigenvalue weighted by molar-refractivity contribution is 0.412. The molecule has 1 N–H and O–H groups in total. The summed E-state index contributed by atoms with van der Waals surface area (Å²) < 4.78 is 6.41. The maximum Gasteiger partial charge on any atom is 0.145 e. The predicted molar refractivity (Wildman–Crippen MR) is 91.9 cm³/mol. The molecule has 0 unspecified atom stereocenters. The van der Waals surface area contributed by atoms with Gasteiger partial charge in [0, 0.05) is 16.9 Å². The number of aromatic nitrogens is 1. The van der Waals surface area contributed by atoms with Gasteiger partial charge in [0.05, 0.1) is 11.6 Å². The van der Waals surface area contributed by atoms with Crippen molar-refractivity contribution in [2.45, 2.75) is 34.6 Å². The third-order valence-electron chi connectivity index (χ3n) is 4.01. The van der Waals surface area contributed by atoms with Gasteiger partial charge in [0.1, 0.15) is 11.6 Å². The van der Waals surface area contributed by atoms with Gasteiger partial charge in [-0.3, -0.25) is 0 Å². The van der Waals surface area contributed by atoms with Crippen LogP contribution in [0.25, 0.3) is 0 Å². The Hall–Kier alpha value is -1.55. The molecule has 112 valence electrons. The second-order valence-electron chi connectivity index (χ2n) is 5.32. The minimum atomic E-state index is 0.843. The lowest BCUT2D eigenvalue weighted by Gasteiger charge is -2.18. The molecular formula is C17H21BrN2O. The number of methoxy groups -OCH3 is 1. The quantitative estimate of drug-likeness (QED) is 0.833. The van der Waals surface area contributed by atoms with Crippen LogP contribution < -0.4 is 10.1 Å². The van der Waals surface area contributed by atoms with Crippen molar-refractivity contribution in [3.63, 3.8) is 0 Å². The molecule has 1 heterocycles. The van der Waals surface area contributed by atoms with Crippen molar-refractivity contribution in [1.29, 1.82) is 0 Å². The van der Waals surface area contributed by atoms with Gasteiger partial charge in [0.25, 0.3) is 0 Å². The van der Waals surface area contributed by atoms with Crippen LogP contribution in [-0.2, 0) is 0 Å². The summed E-state index contributed by atoms with van der Waals surface area (Å²) in [6.07, 6.45) is 0. The van der Waals surface area contributed by atoms with Crippen LogP contribution in [0.3, 0.4) is 0 Å². The standard InChI is InChI=1S/C17H21BrN2O/c1-9-7-8-14(21-6)12(4)16(9)20-17-15(18)11(3)10(2)13(5)19-17/h7-8H,1-6H3,(H,19,20). The van der Waals surface area contributed by atoms with Crippen molar-refractivity contribution in [2.75, 3.05) is 12.4 Å². The molecule has 0 bridgehead atoms. The summed E-state index contributed by atoms with van der Waals surface area (Å²) in [6, 6.07) is 4.04. The fourth-order valence-corrected chi connectivity index (χ4v) is 2.84.